The van der Waals surface area contributed by atoms with Gasteiger partial charge in [-0.3, -0.25) is 19.6 Å². The number of rotatable bonds is 8. The van der Waals surface area contributed by atoms with Crippen LogP contribution in [0.4, 0.5) is 5.69 Å². The molecular formula is C22H24N4O5. The van der Waals surface area contributed by atoms with E-state index in [1.165, 1.54) is 12.1 Å². The van der Waals surface area contributed by atoms with Gasteiger partial charge in [-0.2, -0.15) is 5.10 Å². The molecule has 4 rings (SSSR count). The summed E-state index contributed by atoms with van der Waals surface area (Å²) in [5.41, 5.74) is 2.61. The minimum Gasteiger partial charge on any atom is -0.494 e. The number of non-ortho nitro benzene ring substituents is 1. The first-order valence-electron chi connectivity index (χ1n) is 10.3. The van der Waals surface area contributed by atoms with Crippen LogP contribution in [0.3, 0.4) is 0 Å². The molecule has 0 aliphatic carbocycles. The Morgan fingerprint density at radius 3 is 3.00 bits per heavy atom. The van der Waals surface area contributed by atoms with Crippen LogP contribution in [-0.2, 0) is 24.3 Å². The molecule has 1 atom stereocenters. The average Bonchev–Trinajstić information content (AvgIpc) is 3.31. The van der Waals surface area contributed by atoms with Gasteiger partial charge < -0.3 is 14.8 Å². The summed E-state index contributed by atoms with van der Waals surface area (Å²) in [6.07, 6.45) is 2.81. The molecule has 162 valence electrons. The molecule has 0 unspecified atom stereocenters. The van der Waals surface area contributed by atoms with Crippen molar-refractivity contribution in [3.63, 3.8) is 0 Å². The molecular weight excluding hydrogens is 400 g/mol. The lowest BCUT2D eigenvalue weighted by atomic mass is 10.1. The Morgan fingerprint density at radius 2 is 2.23 bits per heavy atom. The topological polar surface area (TPSA) is 109 Å². The van der Waals surface area contributed by atoms with Gasteiger partial charge in [-0.15, -0.1) is 0 Å². The van der Waals surface area contributed by atoms with E-state index in [-0.39, 0.29) is 24.1 Å². The van der Waals surface area contributed by atoms with Crippen LogP contribution in [0.2, 0.25) is 0 Å². The first kappa shape index (κ1) is 20.6. The maximum Gasteiger partial charge on any atom is 0.271 e. The monoisotopic (exact) mass is 424 g/mol. The van der Waals surface area contributed by atoms with Gasteiger partial charge in [0.2, 0.25) is 5.91 Å². The lowest BCUT2D eigenvalue weighted by Crippen LogP contribution is -2.24. The summed E-state index contributed by atoms with van der Waals surface area (Å²) in [5, 5.41) is 19.0. The summed E-state index contributed by atoms with van der Waals surface area (Å²) in [4.78, 5) is 23.0. The third-order valence-electron chi connectivity index (χ3n) is 5.24. The molecule has 0 bridgehead atoms. The quantitative estimate of drug-likeness (QED) is 0.439. The number of aryl methyl sites for hydroxylation is 1. The van der Waals surface area contributed by atoms with E-state index in [2.05, 4.69) is 10.4 Å². The van der Waals surface area contributed by atoms with E-state index in [0.717, 1.165) is 34.4 Å². The average molecular weight is 424 g/mol. The lowest BCUT2D eigenvalue weighted by Gasteiger charge is -2.13. The van der Waals surface area contributed by atoms with Crippen molar-refractivity contribution in [2.24, 2.45) is 0 Å². The number of hydrogen-bond acceptors (Lipinski definition) is 6. The number of nitro benzene ring substituents is 1. The van der Waals surface area contributed by atoms with Crippen molar-refractivity contribution < 1.29 is 19.2 Å². The highest BCUT2D eigenvalue weighted by atomic mass is 16.6. The predicted octanol–water partition coefficient (Wildman–Crippen LogP) is 3.37. The summed E-state index contributed by atoms with van der Waals surface area (Å²) < 4.78 is 13.2. The van der Waals surface area contributed by atoms with Crippen molar-refractivity contribution in [3.8, 4) is 11.5 Å². The van der Waals surface area contributed by atoms with Crippen molar-refractivity contribution >= 4 is 22.5 Å². The normalized spacial score (nSPS) is 14.8. The number of carbonyl (C=O) groups excluding carboxylic acids is 1. The van der Waals surface area contributed by atoms with Crippen LogP contribution in [0, 0.1) is 10.1 Å². The molecule has 0 radical (unpaired) electrons. The van der Waals surface area contributed by atoms with Crippen LogP contribution < -0.4 is 14.8 Å². The smallest absolute Gasteiger partial charge is 0.271 e. The van der Waals surface area contributed by atoms with Gasteiger partial charge >= 0.3 is 0 Å². The van der Waals surface area contributed by atoms with Crippen molar-refractivity contribution in [3.05, 3.63) is 57.8 Å². The summed E-state index contributed by atoms with van der Waals surface area (Å²) in [5.74, 6) is 1.45. The first-order chi connectivity index (χ1) is 14.9. The molecule has 0 spiro atoms. The number of fused-ring (bicyclic) bond motifs is 2. The van der Waals surface area contributed by atoms with Crippen molar-refractivity contribution in [2.45, 2.75) is 45.9 Å². The fraction of sp³-hybridized carbons (Fsp3) is 0.364. The molecule has 0 saturated heterocycles. The molecule has 9 nitrogen and oxygen atoms in total. The molecule has 1 amide bonds. The van der Waals surface area contributed by atoms with E-state index >= 15 is 0 Å². The maximum absolute atomic E-state index is 12.4. The lowest BCUT2D eigenvalue weighted by molar-refractivity contribution is -0.384. The van der Waals surface area contributed by atoms with E-state index in [1.54, 1.807) is 16.9 Å². The second-order valence-corrected chi connectivity index (χ2v) is 7.53. The Kier molecular flexibility index (Phi) is 5.75. The zero-order chi connectivity index (χ0) is 22.0. The second kappa shape index (κ2) is 8.63. The molecule has 1 aliphatic rings. The van der Waals surface area contributed by atoms with Crippen LogP contribution in [0.1, 0.15) is 31.4 Å². The fourth-order valence-electron chi connectivity index (χ4n) is 3.75. The van der Waals surface area contributed by atoms with E-state index in [1.807, 2.05) is 26.0 Å². The second-order valence-electron chi connectivity index (χ2n) is 7.53. The summed E-state index contributed by atoms with van der Waals surface area (Å²) >= 11 is 0. The Bertz CT molecular complexity index is 1140. The molecule has 2 aromatic carbocycles. The predicted molar refractivity (Wildman–Crippen MR) is 114 cm³/mol. The van der Waals surface area contributed by atoms with Crippen molar-refractivity contribution in [2.75, 3.05) is 6.61 Å². The highest BCUT2D eigenvalue weighted by Gasteiger charge is 2.22. The molecule has 0 saturated carbocycles. The largest absolute Gasteiger partial charge is 0.494 e. The van der Waals surface area contributed by atoms with Gasteiger partial charge in [-0.25, -0.2) is 0 Å². The number of aromatic nitrogens is 2. The number of carbonyl (C=O) groups is 1. The Morgan fingerprint density at radius 1 is 1.39 bits per heavy atom. The summed E-state index contributed by atoms with van der Waals surface area (Å²) in [7, 11) is 0. The zero-order valence-electron chi connectivity index (χ0n) is 17.5. The number of benzene rings is 2. The highest BCUT2D eigenvalue weighted by molar-refractivity contribution is 5.81. The number of amides is 1. The van der Waals surface area contributed by atoms with Crippen LogP contribution in [0.15, 0.2) is 36.5 Å². The molecule has 3 aromatic rings. The third kappa shape index (κ3) is 4.45. The maximum atomic E-state index is 12.4. The van der Waals surface area contributed by atoms with Gasteiger partial charge in [0.25, 0.3) is 5.69 Å². The third-order valence-corrected chi connectivity index (χ3v) is 5.24. The van der Waals surface area contributed by atoms with E-state index in [0.29, 0.717) is 25.2 Å². The molecule has 0 fully saturated rings. The first-order valence-corrected chi connectivity index (χ1v) is 10.3. The van der Waals surface area contributed by atoms with Gasteiger partial charge in [0.15, 0.2) is 0 Å². The highest BCUT2D eigenvalue weighted by Crippen LogP contribution is 2.35. The van der Waals surface area contributed by atoms with Crippen molar-refractivity contribution in [1.82, 2.24) is 15.1 Å². The van der Waals surface area contributed by atoms with Crippen molar-refractivity contribution in [1.29, 1.82) is 0 Å². The van der Waals surface area contributed by atoms with Crippen LogP contribution in [0.25, 0.3) is 10.9 Å². The Balaban J connectivity index is 1.40. The van der Waals surface area contributed by atoms with Crippen LogP contribution in [0.5, 0.6) is 11.5 Å². The summed E-state index contributed by atoms with van der Waals surface area (Å²) in [6, 6.07) is 8.50. The Labute approximate surface area is 179 Å². The van der Waals surface area contributed by atoms with E-state index in [9.17, 15) is 14.9 Å². The minimum absolute atomic E-state index is 0.00435. The van der Waals surface area contributed by atoms with Gasteiger partial charge in [-0.1, -0.05) is 0 Å². The van der Waals surface area contributed by atoms with Gasteiger partial charge in [0, 0.05) is 48.0 Å². The number of nitrogens with one attached hydrogen (secondary N) is 1. The van der Waals surface area contributed by atoms with Gasteiger partial charge in [-0.05, 0) is 32.0 Å². The number of ether oxygens (including phenoxy) is 2. The van der Waals surface area contributed by atoms with Crippen LogP contribution in [-0.4, -0.2) is 33.3 Å². The van der Waals surface area contributed by atoms with E-state index in [4.69, 9.17) is 9.47 Å². The molecule has 1 N–H and O–H groups in total. The summed E-state index contributed by atoms with van der Waals surface area (Å²) in [6.45, 7) is 5.13. The van der Waals surface area contributed by atoms with Gasteiger partial charge in [0.1, 0.15) is 17.6 Å². The molecule has 2 heterocycles. The number of nitrogens with zero attached hydrogens (tertiary/aromatic N) is 3. The minimum atomic E-state index is -0.444. The van der Waals surface area contributed by atoms with E-state index < -0.39 is 4.92 Å². The zero-order valence-corrected chi connectivity index (χ0v) is 17.5. The fourth-order valence-corrected chi connectivity index (χ4v) is 3.75. The number of nitro groups is 1. The molecule has 9 heteroatoms. The van der Waals surface area contributed by atoms with Gasteiger partial charge in [0.05, 0.1) is 29.8 Å². The standard InChI is InChI=1S/C22H24N4O5/c1-3-30-20-9-16-8-14(2)31-21(16)10-17(20)12-23-22(27)6-7-25-19-11-18(26(28)29)5-4-15(19)13-24-25/h4-5,9-11,13-14H,3,6-8,12H2,1-2H3,(H,23,27)/t14-/m0/s1. The molecule has 1 aromatic heterocycles. The van der Waals surface area contributed by atoms with Crippen LogP contribution >= 0.6 is 0 Å². The molecule has 1 aliphatic heterocycles. The molecule has 31 heavy (non-hydrogen) atoms. The Hall–Kier alpha value is -3.62. The number of hydrogen-bond donors (Lipinski definition) is 1. The SMILES string of the molecule is CCOc1cc2c(cc1CNC(=O)CCn1ncc3ccc([N+](=O)[O-])cc31)O[C@@H](C)C2.